The zero-order chi connectivity index (χ0) is 10.1. The third-order valence-electron chi connectivity index (χ3n) is 2.75. The number of aryl methyl sites for hydroxylation is 1. The van der Waals surface area contributed by atoms with Crippen molar-refractivity contribution in [3.63, 3.8) is 0 Å². The van der Waals surface area contributed by atoms with Crippen LogP contribution in [-0.2, 0) is 0 Å². The van der Waals surface area contributed by atoms with Crippen molar-refractivity contribution >= 4 is 11.5 Å². The van der Waals surface area contributed by atoms with Crippen molar-refractivity contribution in [2.24, 2.45) is 5.92 Å². The molecule has 0 aromatic carbocycles. The van der Waals surface area contributed by atoms with E-state index in [0.29, 0.717) is 12.0 Å². The molecule has 1 unspecified atom stereocenters. The maximum absolute atomic E-state index is 5.13. The van der Waals surface area contributed by atoms with Gasteiger partial charge in [0.1, 0.15) is 5.69 Å². The van der Waals surface area contributed by atoms with Crippen molar-refractivity contribution < 1.29 is 4.52 Å². The lowest BCUT2D eigenvalue weighted by Crippen LogP contribution is -2.25. The fourth-order valence-corrected chi connectivity index (χ4v) is 1.78. The number of hydrogen-bond donors (Lipinski definition) is 2. The number of rotatable bonds is 1. The first kappa shape index (κ1) is 9.37. The van der Waals surface area contributed by atoms with Gasteiger partial charge in [0.2, 0.25) is 0 Å². The average Bonchev–Trinajstić information content (AvgIpc) is 2.40. The molecule has 1 aliphatic rings. The van der Waals surface area contributed by atoms with Gasteiger partial charge >= 0.3 is 0 Å². The van der Waals surface area contributed by atoms with Crippen LogP contribution < -0.4 is 10.6 Å². The van der Waals surface area contributed by atoms with E-state index in [1.54, 1.807) is 0 Å². The molecule has 2 N–H and O–H groups in total. The van der Waals surface area contributed by atoms with E-state index in [1.165, 1.54) is 0 Å². The summed E-state index contributed by atoms with van der Waals surface area (Å²) in [6.45, 7) is 7.34. The Morgan fingerprint density at radius 1 is 1.50 bits per heavy atom. The minimum absolute atomic E-state index is 0.480. The first-order valence-corrected chi connectivity index (χ1v) is 5.15. The molecule has 4 nitrogen and oxygen atoms in total. The number of nitrogens with zero attached hydrogens (tertiary/aromatic N) is 1. The van der Waals surface area contributed by atoms with Gasteiger partial charge in [-0.2, -0.15) is 0 Å². The molecule has 1 aromatic rings. The van der Waals surface area contributed by atoms with Crippen LogP contribution in [-0.4, -0.2) is 17.7 Å². The topological polar surface area (TPSA) is 50.1 Å². The molecule has 78 valence electrons. The molecule has 0 fully saturated rings. The summed E-state index contributed by atoms with van der Waals surface area (Å²) in [7, 11) is 0. The smallest absolute Gasteiger partial charge is 0.193 e. The number of aromatic nitrogens is 1. The van der Waals surface area contributed by atoms with E-state index in [1.807, 2.05) is 6.92 Å². The van der Waals surface area contributed by atoms with Crippen molar-refractivity contribution in [2.75, 3.05) is 17.2 Å². The highest BCUT2D eigenvalue weighted by Crippen LogP contribution is 2.29. The van der Waals surface area contributed by atoms with E-state index < -0.39 is 0 Å². The summed E-state index contributed by atoms with van der Waals surface area (Å²) in [5, 5.41) is 10.8. The minimum Gasteiger partial charge on any atom is -0.379 e. The Hall–Kier alpha value is -1.19. The van der Waals surface area contributed by atoms with Gasteiger partial charge in [0.15, 0.2) is 11.6 Å². The highest BCUT2D eigenvalue weighted by molar-refractivity contribution is 5.67. The van der Waals surface area contributed by atoms with E-state index in [-0.39, 0.29) is 0 Å². The van der Waals surface area contributed by atoms with E-state index in [9.17, 15) is 0 Å². The van der Waals surface area contributed by atoms with Crippen molar-refractivity contribution in [1.82, 2.24) is 5.16 Å². The second-order valence-corrected chi connectivity index (χ2v) is 4.17. The van der Waals surface area contributed by atoms with Crippen LogP contribution in [0, 0.1) is 12.8 Å². The van der Waals surface area contributed by atoms with Gasteiger partial charge in [-0.25, -0.2) is 0 Å². The van der Waals surface area contributed by atoms with Crippen molar-refractivity contribution in [3.05, 3.63) is 5.76 Å². The van der Waals surface area contributed by atoms with Gasteiger partial charge in [0.25, 0.3) is 0 Å². The van der Waals surface area contributed by atoms with E-state index >= 15 is 0 Å². The quantitative estimate of drug-likeness (QED) is 0.721. The molecular weight excluding hydrogens is 178 g/mol. The molecule has 1 aromatic heterocycles. The van der Waals surface area contributed by atoms with Gasteiger partial charge in [0, 0.05) is 12.6 Å². The standard InChI is InChI=1S/C10H17N3O/c1-6(2)8-4-5-11-9-7(3)14-13-10(9)12-8/h6,8,11H,4-5H2,1-3H3,(H,12,13). The molecule has 0 bridgehead atoms. The first-order valence-electron chi connectivity index (χ1n) is 5.15. The van der Waals surface area contributed by atoms with E-state index in [4.69, 9.17) is 4.52 Å². The summed E-state index contributed by atoms with van der Waals surface area (Å²) in [5.74, 6) is 2.33. The Bertz CT molecular complexity index is 319. The molecule has 0 saturated heterocycles. The van der Waals surface area contributed by atoms with Crippen LogP contribution in [0.2, 0.25) is 0 Å². The molecule has 1 atom stereocenters. The molecular formula is C10H17N3O. The van der Waals surface area contributed by atoms with Crippen LogP contribution in [0.1, 0.15) is 26.0 Å². The van der Waals surface area contributed by atoms with Crippen molar-refractivity contribution in [2.45, 2.75) is 33.2 Å². The zero-order valence-corrected chi connectivity index (χ0v) is 8.92. The largest absolute Gasteiger partial charge is 0.379 e. The van der Waals surface area contributed by atoms with Gasteiger partial charge in [0.05, 0.1) is 0 Å². The van der Waals surface area contributed by atoms with Crippen LogP contribution in [0.15, 0.2) is 4.52 Å². The lowest BCUT2D eigenvalue weighted by Gasteiger charge is -2.19. The van der Waals surface area contributed by atoms with Gasteiger partial charge in [-0.3, -0.25) is 0 Å². The van der Waals surface area contributed by atoms with Crippen LogP contribution in [0.4, 0.5) is 11.5 Å². The second-order valence-electron chi connectivity index (χ2n) is 4.17. The highest BCUT2D eigenvalue weighted by Gasteiger charge is 2.22. The molecule has 4 heteroatoms. The van der Waals surface area contributed by atoms with Gasteiger partial charge in [-0.15, -0.1) is 0 Å². The molecule has 1 aliphatic heterocycles. The first-order chi connectivity index (χ1) is 6.68. The second kappa shape index (κ2) is 3.52. The fourth-order valence-electron chi connectivity index (χ4n) is 1.78. The van der Waals surface area contributed by atoms with E-state index in [0.717, 1.165) is 30.2 Å². The minimum atomic E-state index is 0.480. The summed E-state index contributed by atoms with van der Waals surface area (Å²) >= 11 is 0. The summed E-state index contributed by atoms with van der Waals surface area (Å²) in [4.78, 5) is 0. The Balaban J connectivity index is 2.23. The molecule has 0 spiro atoms. The monoisotopic (exact) mass is 195 g/mol. The molecule has 2 heterocycles. The van der Waals surface area contributed by atoms with Crippen LogP contribution in [0.5, 0.6) is 0 Å². The van der Waals surface area contributed by atoms with Gasteiger partial charge in [-0.1, -0.05) is 19.0 Å². The Kier molecular flexibility index (Phi) is 2.35. The number of hydrogen-bond acceptors (Lipinski definition) is 4. The van der Waals surface area contributed by atoms with E-state index in [2.05, 4.69) is 29.6 Å². The molecule has 14 heavy (non-hydrogen) atoms. The van der Waals surface area contributed by atoms with Crippen LogP contribution in [0.3, 0.4) is 0 Å². The molecule has 2 rings (SSSR count). The molecule has 0 amide bonds. The summed E-state index contributed by atoms with van der Waals surface area (Å²) in [5.41, 5.74) is 1.02. The Morgan fingerprint density at radius 2 is 2.29 bits per heavy atom. The third-order valence-corrected chi connectivity index (χ3v) is 2.75. The summed E-state index contributed by atoms with van der Waals surface area (Å²) in [6.07, 6.45) is 1.12. The number of anilines is 2. The summed E-state index contributed by atoms with van der Waals surface area (Å²) in [6, 6.07) is 0.480. The van der Waals surface area contributed by atoms with Gasteiger partial charge in [-0.05, 0) is 19.3 Å². The number of fused-ring (bicyclic) bond motifs is 1. The lowest BCUT2D eigenvalue weighted by molar-refractivity contribution is 0.396. The molecule has 0 aliphatic carbocycles. The predicted octanol–water partition coefficient (Wildman–Crippen LogP) is 2.24. The van der Waals surface area contributed by atoms with Crippen LogP contribution in [0.25, 0.3) is 0 Å². The maximum atomic E-state index is 5.13. The maximum Gasteiger partial charge on any atom is 0.193 e. The van der Waals surface area contributed by atoms with Gasteiger partial charge < -0.3 is 15.2 Å². The fraction of sp³-hybridized carbons (Fsp3) is 0.700. The average molecular weight is 195 g/mol. The highest BCUT2D eigenvalue weighted by atomic mass is 16.5. The van der Waals surface area contributed by atoms with Crippen LogP contribution >= 0.6 is 0 Å². The molecule has 0 radical (unpaired) electrons. The molecule has 0 saturated carbocycles. The SMILES string of the molecule is Cc1onc2c1NCCC(C(C)C)N2. The normalized spacial score (nSPS) is 21.0. The van der Waals surface area contributed by atoms with Crippen molar-refractivity contribution in [1.29, 1.82) is 0 Å². The summed E-state index contributed by atoms with van der Waals surface area (Å²) < 4.78 is 5.13. The third kappa shape index (κ3) is 1.56. The Morgan fingerprint density at radius 3 is 3.00 bits per heavy atom. The lowest BCUT2D eigenvalue weighted by atomic mass is 10.0. The number of nitrogens with one attached hydrogen (secondary N) is 2. The Labute approximate surface area is 84.0 Å². The predicted molar refractivity (Wildman–Crippen MR) is 56.6 cm³/mol. The van der Waals surface area contributed by atoms with Crippen molar-refractivity contribution in [3.8, 4) is 0 Å². The zero-order valence-electron chi connectivity index (χ0n) is 8.92.